The van der Waals surface area contributed by atoms with Gasteiger partial charge in [-0.1, -0.05) is 6.42 Å². The van der Waals surface area contributed by atoms with E-state index in [1.165, 1.54) is 0 Å². The minimum absolute atomic E-state index is 0.0756. The zero-order valence-electron chi connectivity index (χ0n) is 19.9. The van der Waals surface area contributed by atoms with Crippen LogP contribution in [0.5, 0.6) is 0 Å². The smallest absolute Gasteiger partial charge is 0.320 e. The SMILES string of the molecule is CCOC(C)C1(CN(CCCCC(N)C(=O)O)CC2(C(C)OCC)NC=CN2)NC=CN1. The first-order valence-electron chi connectivity index (χ1n) is 11.6. The minimum Gasteiger partial charge on any atom is -0.480 e. The van der Waals surface area contributed by atoms with Gasteiger partial charge in [0.2, 0.25) is 0 Å². The number of nitrogens with one attached hydrogen (secondary N) is 4. The number of hydrogen-bond donors (Lipinski definition) is 6. The van der Waals surface area contributed by atoms with Crippen molar-refractivity contribution in [2.75, 3.05) is 32.8 Å². The molecule has 2 aliphatic heterocycles. The summed E-state index contributed by atoms with van der Waals surface area (Å²) >= 11 is 0. The van der Waals surface area contributed by atoms with E-state index in [-0.39, 0.29) is 12.2 Å². The highest BCUT2D eigenvalue weighted by Crippen LogP contribution is 2.22. The van der Waals surface area contributed by atoms with Crippen molar-refractivity contribution in [1.29, 1.82) is 0 Å². The highest BCUT2D eigenvalue weighted by atomic mass is 16.5. The van der Waals surface area contributed by atoms with Crippen LogP contribution in [0.2, 0.25) is 0 Å². The lowest BCUT2D eigenvalue weighted by Crippen LogP contribution is -2.69. The number of rotatable bonds is 16. The second-order valence-corrected chi connectivity index (χ2v) is 8.53. The first-order chi connectivity index (χ1) is 15.3. The van der Waals surface area contributed by atoms with Crippen molar-refractivity contribution in [3.63, 3.8) is 0 Å². The van der Waals surface area contributed by atoms with Gasteiger partial charge in [0.15, 0.2) is 0 Å². The maximum absolute atomic E-state index is 11.0. The Kier molecular flexibility index (Phi) is 10.1. The van der Waals surface area contributed by atoms with E-state index in [0.29, 0.717) is 32.7 Å². The Morgan fingerprint density at radius 2 is 1.38 bits per heavy atom. The minimum atomic E-state index is -0.952. The standard InChI is InChI=1S/C22H42N6O4/c1-5-31-17(3)21(24-10-11-25-21)15-28(14-8-7-9-19(23)20(29)30)16-22(18(4)32-6-2)26-12-13-27-22/h10-13,17-19,24-27H,5-9,14-16,23H2,1-4H3,(H,29,30). The van der Waals surface area contributed by atoms with E-state index in [1.54, 1.807) is 0 Å². The molecule has 2 aliphatic rings. The van der Waals surface area contributed by atoms with E-state index < -0.39 is 23.3 Å². The van der Waals surface area contributed by atoms with Gasteiger partial charge < -0.3 is 41.6 Å². The van der Waals surface area contributed by atoms with Crippen LogP contribution >= 0.6 is 0 Å². The van der Waals surface area contributed by atoms with Crippen LogP contribution in [0.3, 0.4) is 0 Å². The summed E-state index contributed by atoms with van der Waals surface area (Å²) < 4.78 is 11.9. The molecule has 0 saturated heterocycles. The third kappa shape index (κ3) is 6.74. The molecule has 0 saturated carbocycles. The maximum Gasteiger partial charge on any atom is 0.320 e. The fourth-order valence-electron chi connectivity index (χ4n) is 4.28. The Bertz CT molecular complexity index is 588. The summed E-state index contributed by atoms with van der Waals surface area (Å²) in [6.07, 6.45) is 9.52. The Hall–Kier alpha value is -2.01. The zero-order valence-corrected chi connectivity index (χ0v) is 19.9. The predicted molar refractivity (Wildman–Crippen MR) is 124 cm³/mol. The van der Waals surface area contributed by atoms with Gasteiger partial charge in [0.05, 0.1) is 12.2 Å². The van der Waals surface area contributed by atoms with Gasteiger partial charge in [-0.05, 0) is 47.1 Å². The van der Waals surface area contributed by atoms with Crippen molar-refractivity contribution < 1.29 is 19.4 Å². The Labute approximate surface area is 191 Å². The fourth-order valence-corrected chi connectivity index (χ4v) is 4.28. The molecule has 0 spiro atoms. The lowest BCUT2D eigenvalue weighted by Gasteiger charge is -2.44. The van der Waals surface area contributed by atoms with Crippen LogP contribution in [0.4, 0.5) is 0 Å². The molecule has 0 aromatic heterocycles. The van der Waals surface area contributed by atoms with Gasteiger partial charge in [0.25, 0.3) is 0 Å². The molecule has 3 atom stereocenters. The third-order valence-corrected chi connectivity index (χ3v) is 6.25. The van der Waals surface area contributed by atoms with E-state index in [4.69, 9.17) is 20.3 Å². The lowest BCUT2D eigenvalue weighted by atomic mass is 9.99. The van der Waals surface area contributed by atoms with Gasteiger partial charge in [-0.3, -0.25) is 9.69 Å². The van der Waals surface area contributed by atoms with Crippen molar-refractivity contribution in [3.8, 4) is 0 Å². The monoisotopic (exact) mass is 454 g/mol. The molecule has 2 rings (SSSR count). The number of carboxylic acids is 1. The van der Waals surface area contributed by atoms with E-state index >= 15 is 0 Å². The summed E-state index contributed by atoms with van der Waals surface area (Å²) in [6, 6.07) is -0.818. The summed E-state index contributed by atoms with van der Waals surface area (Å²) in [5, 5.41) is 22.9. The first-order valence-corrected chi connectivity index (χ1v) is 11.6. The number of carboxylic acid groups (broad SMARTS) is 1. The highest BCUT2D eigenvalue weighted by Gasteiger charge is 2.43. The molecule has 3 unspecified atom stereocenters. The van der Waals surface area contributed by atoms with Crippen LogP contribution in [0.1, 0.15) is 47.0 Å². The Balaban J connectivity index is 2.13. The van der Waals surface area contributed by atoms with Crippen molar-refractivity contribution in [2.24, 2.45) is 5.73 Å². The predicted octanol–water partition coefficient (Wildman–Crippen LogP) is 0.441. The molecule has 0 aromatic carbocycles. The van der Waals surface area contributed by atoms with Gasteiger partial charge in [-0.2, -0.15) is 0 Å². The van der Waals surface area contributed by atoms with Crippen molar-refractivity contribution >= 4 is 5.97 Å². The fraction of sp³-hybridized carbons (Fsp3) is 0.773. The van der Waals surface area contributed by atoms with E-state index in [0.717, 1.165) is 19.4 Å². The Morgan fingerprint density at radius 3 is 1.75 bits per heavy atom. The molecule has 2 heterocycles. The van der Waals surface area contributed by atoms with E-state index in [1.807, 2.05) is 38.6 Å². The van der Waals surface area contributed by atoms with Crippen molar-refractivity contribution in [1.82, 2.24) is 26.2 Å². The van der Waals surface area contributed by atoms with Crippen molar-refractivity contribution in [3.05, 3.63) is 24.8 Å². The van der Waals surface area contributed by atoms with Crippen LogP contribution in [-0.4, -0.2) is 78.4 Å². The summed E-state index contributed by atoms with van der Waals surface area (Å²) in [5.74, 6) is -0.952. The van der Waals surface area contributed by atoms with Gasteiger partial charge in [0, 0.05) is 51.1 Å². The second kappa shape index (κ2) is 12.3. The average molecular weight is 455 g/mol. The molecule has 0 radical (unpaired) electrons. The number of unbranched alkanes of at least 4 members (excludes halogenated alkanes) is 1. The molecule has 0 fully saturated rings. The summed E-state index contributed by atoms with van der Waals surface area (Å²) in [4.78, 5) is 13.4. The molecule has 10 nitrogen and oxygen atoms in total. The second-order valence-electron chi connectivity index (χ2n) is 8.53. The first kappa shape index (κ1) is 26.2. The van der Waals surface area contributed by atoms with Gasteiger partial charge >= 0.3 is 5.97 Å². The number of aliphatic carboxylic acids is 1. The van der Waals surface area contributed by atoms with Crippen LogP contribution < -0.4 is 27.0 Å². The van der Waals surface area contributed by atoms with Crippen LogP contribution in [0, 0.1) is 0 Å². The molecule has 0 aromatic rings. The van der Waals surface area contributed by atoms with Gasteiger partial charge in [-0.15, -0.1) is 0 Å². The molecular weight excluding hydrogens is 412 g/mol. The zero-order chi connectivity index (χ0) is 23.6. The largest absolute Gasteiger partial charge is 0.480 e. The summed E-state index contributed by atoms with van der Waals surface area (Å²) in [7, 11) is 0. The van der Waals surface area contributed by atoms with Crippen LogP contribution in [0.25, 0.3) is 0 Å². The number of carbonyl (C=O) groups is 1. The summed E-state index contributed by atoms with van der Waals surface area (Å²) in [6.45, 7) is 11.5. The average Bonchev–Trinajstić information content (AvgIpc) is 3.42. The maximum atomic E-state index is 11.0. The molecule has 0 bridgehead atoms. The number of nitrogens with zero attached hydrogens (tertiary/aromatic N) is 1. The van der Waals surface area contributed by atoms with Crippen LogP contribution in [0.15, 0.2) is 24.8 Å². The summed E-state index contributed by atoms with van der Waals surface area (Å²) in [5.41, 5.74) is 4.76. The quantitative estimate of drug-likeness (QED) is 0.183. The molecule has 32 heavy (non-hydrogen) atoms. The topological polar surface area (TPSA) is 133 Å². The number of ether oxygens (including phenoxy) is 2. The molecule has 10 heteroatoms. The van der Waals surface area contributed by atoms with Gasteiger partial charge in [-0.25, -0.2) is 0 Å². The number of hydrogen-bond acceptors (Lipinski definition) is 9. The Morgan fingerprint density at radius 1 is 0.938 bits per heavy atom. The molecular formula is C22H42N6O4. The molecule has 0 aliphatic carbocycles. The van der Waals surface area contributed by atoms with E-state index in [2.05, 4.69) is 40.0 Å². The molecule has 184 valence electrons. The molecule has 7 N–H and O–H groups in total. The van der Waals surface area contributed by atoms with E-state index in [9.17, 15) is 4.79 Å². The number of nitrogens with two attached hydrogens (primary N) is 1. The van der Waals surface area contributed by atoms with Gasteiger partial charge in [0.1, 0.15) is 17.4 Å². The van der Waals surface area contributed by atoms with Crippen LogP contribution in [-0.2, 0) is 14.3 Å². The van der Waals surface area contributed by atoms with Crippen molar-refractivity contribution in [2.45, 2.75) is 76.5 Å². The lowest BCUT2D eigenvalue weighted by molar-refractivity contribution is -0.138. The normalized spacial score (nSPS) is 20.8. The third-order valence-electron chi connectivity index (χ3n) is 6.25. The molecule has 0 amide bonds. The highest BCUT2D eigenvalue weighted by molar-refractivity contribution is 5.72.